The van der Waals surface area contributed by atoms with Crippen LogP contribution in [0, 0.1) is 6.92 Å². The molecular weight excluding hydrogens is 354 g/mol. The van der Waals surface area contributed by atoms with Crippen molar-refractivity contribution in [1.29, 1.82) is 0 Å². The molecule has 3 rings (SSSR count). The number of aryl methyl sites for hydroxylation is 2. The Bertz CT molecular complexity index is 857. The quantitative estimate of drug-likeness (QED) is 0.588. The van der Waals surface area contributed by atoms with E-state index in [1.807, 2.05) is 37.3 Å². The number of esters is 1. The van der Waals surface area contributed by atoms with E-state index in [2.05, 4.69) is 11.4 Å². The van der Waals surface area contributed by atoms with Crippen molar-refractivity contribution in [3.05, 3.63) is 70.8 Å². The SMILES string of the molecule is Cc1ccc(C(=O)CCC(=O)OCC(=O)NC2CCCc3ccccc32)cc1. The molecule has 1 aliphatic carbocycles. The largest absolute Gasteiger partial charge is 0.456 e. The molecule has 0 radical (unpaired) electrons. The molecule has 28 heavy (non-hydrogen) atoms. The van der Waals surface area contributed by atoms with Crippen LogP contribution in [0.3, 0.4) is 0 Å². The molecule has 0 spiro atoms. The van der Waals surface area contributed by atoms with Crippen LogP contribution in [0.1, 0.15) is 58.8 Å². The van der Waals surface area contributed by atoms with Crippen LogP contribution in [-0.2, 0) is 20.7 Å². The molecule has 2 aromatic rings. The summed E-state index contributed by atoms with van der Waals surface area (Å²) in [7, 11) is 0. The fraction of sp³-hybridized carbons (Fsp3) is 0.348. The number of rotatable bonds is 7. The van der Waals surface area contributed by atoms with Crippen LogP contribution in [0.5, 0.6) is 0 Å². The topological polar surface area (TPSA) is 72.5 Å². The monoisotopic (exact) mass is 379 g/mol. The Morgan fingerprint density at radius 3 is 2.57 bits per heavy atom. The van der Waals surface area contributed by atoms with Gasteiger partial charge in [0.15, 0.2) is 12.4 Å². The number of hydrogen-bond donors (Lipinski definition) is 1. The van der Waals surface area contributed by atoms with Crippen molar-refractivity contribution in [1.82, 2.24) is 5.32 Å². The van der Waals surface area contributed by atoms with Gasteiger partial charge in [-0.3, -0.25) is 14.4 Å². The summed E-state index contributed by atoms with van der Waals surface area (Å²) in [5.74, 6) is -0.972. The summed E-state index contributed by atoms with van der Waals surface area (Å²) >= 11 is 0. The molecule has 0 saturated heterocycles. The number of amides is 1. The molecular formula is C23H25NO4. The van der Waals surface area contributed by atoms with E-state index in [9.17, 15) is 14.4 Å². The molecule has 1 amide bonds. The number of carbonyl (C=O) groups is 3. The molecule has 2 aromatic carbocycles. The lowest BCUT2D eigenvalue weighted by molar-refractivity contribution is -0.148. The number of nitrogens with one attached hydrogen (secondary N) is 1. The van der Waals surface area contributed by atoms with Gasteiger partial charge < -0.3 is 10.1 Å². The average Bonchev–Trinajstić information content (AvgIpc) is 2.71. The van der Waals surface area contributed by atoms with Gasteiger partial charge in [0.25, 0.3) is 5.91 Å². The Morgan fingerprint density at radius 2 is 1.79 bits per heavy atom. The molecule has 0 bridgehead atoms. The molecule has 146 valence electrons. The molecule has 1 N–H and O–H groups in total. The van der Waals surface area contributed by atoms with Crippen LogP contribution in [-0.4, -0.2) is 24.3 Å². The number of benzene rings is 2. The lowest BCUT2D eigenvalue weighted by Gasteiger charge is -2.26. The van der Waals surface area contributed by atoms with E-state index in [-0.39, 0.29) is 37.2 Å². The van der Waals surface area contributed by atoms with Crippen molar-refractivity contribution < 1.29 is 19.1 Å². The molecule has 0 heterocycles. The van der Waals surface area contributed by atoms with Crippen LogP contribution < -0.4 is 5.32 Å². The first kappa shape index (κ1) is 19.8. The van der Waals surface area contributed by atoms with Gasteiger partial charge in [0, 0.05) is 12.0 Å². The highest BCUT2D eigenvalue weighted by atomic mass is 16.5. The fourth-order valence-corrected chi connectivity index (χ4v) is 3.46. The normalized spacial score (nSPS) is 15.4. The summed E-state index contributed by atoms with van der Waals surface area (Å²) in [5.41, 5.74) is 4.04. The minimum absolute atomic E-state index is 0.0355. The molecule has 0 aromatic heterocycles. The lowest BCUT2D eigenvalue weighted by Crippen LogP contribution is -2.34. The van der Waals surface area contributed by atoms with Crippen LogP contribution in [0.15, 0.2) is 48.5 Å². The highest BCUT2D eigenvalue weighted by Crippen LogP contribution is 2.29. The third-order valence-electron chi connectivity index (χ3n) is 5.00. The third-order valence-corrected chi connectivity index (χ3v) is 5.00. The van der Waals surface area contributed by atoms with E-state index < -0.39 is 5.97 Å². The van der Waals surface area contributed by atoms with E-state index in [1.54, 1.807) is 12.1 Å². The summed E-state index contributed by atoms with van der Waals surface area (Å²) in [5, 5.41) is 2.94. The zero-order valence-corrected chi connectivity index (χ0v) is 16.1. The van der Waals surface area contributed by atoms with Crippen molar-refractivity contribution in [2.24, 2.45) is 0 Å². The average molecular weight is 379 g/mol. The maximum absolute atomic E-state index is 12.2. The molecule has 0 saturated carbocycles. The number of Topliss-reactive ketones (excluding diaryl/α,β-unsaturated/α-hetero) is 1. The number of fused-ring (bicyclic) bond motifs is 1. The minimum Gasteiger partial charge on any atom is -0.456 e. The van der Waals surface area contributed by atoms with E-state index in [1.165, 1.54) is 5.56 Å². The van der Waals surface area contributed by atoms with Gasteiger partial charge in [-0.05, 0) is 37.3 Å². The summed E-state index contributed by atoms with van der Waals surface area (Å²) < 4.78 is 5.04. The smallest absolute Gasteiger partial charge is 0.306 e. The van der Waals surface area contributed by atoms with Gasteiger partial charge in [-0.2, -0.15) is 0 Å². The Kier molecular flexibility index (Phi) is 6.58. The minimum atomic E-state index is -0.542. The number of ether oxygens (including phenoxy) is 1. The van der Waals surface area contributed by atoms with E-state index in [4.69, 9.17) is 4.74 Å². The fourth-order valence-electron chi connectivity index (χ4n) is 3.46. The third kappa shape index (κ3) is 5.28. The van der Waals surface area contributed by atoms with Gasteiger partial charge in [-0.1, -0.05) is 54.1 Å². The Balaban J connectivity index is 1.42. The maximum atomic E-state index is 12.2. The summed E-state index contributed by atoms with van der Waals surface area (Å²) in [6.45, 7) is 1.62. The van der Waals surface area contributed by atoms with Gasteiger partial charge in [-0.25, -0.2) is 0 Å². The first-order chi connectivity index (χ1) is 13.5. The zero-order chi connectivity index (χ0) is 19.9. The molecule has 5 heteroatoms. The molecule has 1 unspecified atom stereocenters. The number of hydrogen-bond acceptors (Lipinski definition) is 4. The molecule has 1 aliphatic rings. The van der Waals surface area contributed by atoms with Crippen molar-refractivity contribution in [3.8, 4) is 0 Å². The van der Waals surface area contributed by atoms with Crippen molar-refractivity contribution in [2.45, 2.75) is 45.1 Å². The molecule has 5 nitrogen and oxygen atoms in total. The first-order valence-electron chi connectivity index (χ1n) is 9.65. The van der Waals surface area contributed by atoms with Crippen LogP contribution in [0.4, 0.5) is 0 Å². The van der Waals surface area contributed by atoms with Gasteiger partial charge in [-0.15, -0.1) is 0 Å². The van der Waals surface area contributed by atoms with E-state index in [0.29, 0.717) is 5.56 Å². The second kappa shape index (κ2) is 9.31. The van der Waals surface area contributed by atoms with Gasteiger partial charge >= 0.3 is 5.97 Å². The molecule has 0 aliphatic heterocycles. The second-order valence-corrected chi connectivity index (χ2v) is 7.16. The van der Waals surface area contributed by atoms with Gasteiger partial charge in [0.05, 0.1) is 12.5 Å². The highest BCUT2D eigenvalue weighted by Gasteiger charge is 2.21. The first-order valence-corrected chi connectivity index (χ1v) is 9.65. The van der Waals surface area contributed by atoms with Crippen LogP contribution in [0.2, 0.25) is 0 Å². The van der Waals surface area contributed by atoms with Crippen LogP contribution >= 0.6 is 0 Å². The number of ketones is 1. The Hall–Kier alpha value is -2.95. The summed E-state index contributed by atoms with van der Waals surface area (Å²) in [6.07, 6.45) is 2.95. The van der Waals surface area contributed by atoms with Gasteiger partial charge in [0.1, 0.15) is 0 Å². The van der Waals surface area contributed by atoms with Crippen LogP contribution in [0.25, 0.3) is 0 Å². The van der Waals surface area contributed by atoms with E-state index in [0.717, 1.165) is 30.4 Å². The second-order valence-electron chi connectivity index (χ2n) is 7.16. The van der Waals surface area contributed by atoms with Crippen molar-refractivity contribution in [2.75, 3.05) is 6.61 Å². The van der Waals surface area contributed by atoms with E-state index >= 15 is 0 Å². The van der Waals surface area contributed by atoms with Gasteiger partial charge in [0.2, 0.25) is 0 Å². The summed E-state index contributed by atoms with van der Waals surface area (Å²) in [6, 6.07) is 15.3. The predicted molar refractivity (Wildman–Crippen MR) is 106 cm³/mol. The van der Waals surface area contributed by atoms with Crippen molar-refractivity contribution >= 4 is 17.7 Å². The number of carbonyl (C=O) groups excluding carboxylic acids is 3. The Morgan fingerprint density at radius 1 is 1.04 bits per heavy atom. The summed E-state index contributed by atoms with van der Waals surface area (Å²) in [4.78, 5) is 36.1. The predicted octanol–water partition coefficient (Wildman–Crippen LogP) is 3.69. The maximum Gasteiger partial charge on any atom is 0.306 e. The zero-order valence-electron chi connectivity index (χ0n) is 16.1. The van der Waals surface area contributed by atoms with Crippen molar-refractivity contribution in [3.63, 3.8) is 0 Å². The Labute approximate surface area is 165 Å². The molecule has 0 fully saturated rings. The lowest BCUT2D eigenvalue weighted by atomic mass is 9.88. The molecule has 1 atom stereocenters. The highest BCUT2D eigenvalue weighted by molar-refractivity contribution is 5.97. The standard InChI is InChI=1S/C23H25NO4/c1-16-9-11-18(12-10-16)21(25)13-14-23(27)28-15-22(26)24-20-8-4-6-17-5-2-3-7-19(17)20/h2-3,5,7,9-12,20H,4,6,8,13-15H2,1H3,(H,24,26).